The normalized spacial score (nSPS) is 15.3. The Balaban J connectivity index is 5.54. The number of thioether (sulfide) groups is 1. The number of rotatable bonds is 16. The van der Waals surface area contributed by atoms with Gasteiger partial charge in [-0.15, -0.1) is 0 Å². The SMILES string of the molecule is CCC(C)C(N)C(=O)NC(CC(=O)O)C(=O)NC(CC(=O)O)C(=O)NC(CCSC)C(=O)O. The van der Waals surface area contributed by atoms with Gasteiger partial charge in [0.05, 0.1) is 18.9 Å². The van der Waals surface area contributed by atoms with E-state index in [0.717, 1.165) is 0 Å². The van der Waals surface area contributed by atoms with Gasteiger partial charge in [-0.1, -0.05) is 20.3 Å². The Hall–Kier alpha value is -2.87. The Bertz CT molecular complexity index is 734. The lowest BCUT2D eigenvalue weighted by atomic mass is 9.99. The third-order valence-electron chi connectivity index (χ3n) is 4.81. The first-order chi connectivity index (χ1) is 15.3. The van der Waals surface area contributed by atoms with Crippen molar-refractivity contribution in [3.63, 3.8) is 0 Å². The average molecular weight is 493 g/mol. The lowest BCUT2D eigenvalue weighted by Gasteiger charge is -2.25. The largest absolute Gasteiger partial charge is 0.481 e. The smallest absolute Gasteiger partial charge is 0.326 e. The molecule has 0 radical (unpaired) electrons. The predicted octanol–water partition coefficient (Wildman–Crippen LogP) is -1.40. The molecule has 0 bridgehead atoms. The van der Waals surface area contributed by atoms with Crippen LogP contribution in [0.3, 0.4) is 0 Å². The molecule has 0 aliphatic rings. The Morgan fingerprint density at radius 1 is 0.818 bits per heavy atom. The van der Waals surface area contributed by atoms with Crippen LogP contribution >= 0.6 is 11.8 Å². The summed E-state index contributed by atoms with van der Waals surface area (Å²) in [5, 5.41) is 33.9. The van der Waals surface area contributed by atoms with Crippen LogP contribution in [0.1, 0.15) is 39.5 Å². The van der Waals surface area contributed by atoms with Gasteiger partial charge in [0.2, 0.25) is 17.7 Å². The van der Waals surface area contributed by atoms with Crippen molar-refractivity contribution >= 4 is 47.4 Å². The molecule has 0 saturated heterocycles. The summed E-state index contributed by atoms with van der Waals surface area (Å²) >= 11 is 1.34. The zero-order chi connectivity index (χ0) is 25.7. The summed E-state index contributed by atoms with van der Waals surface area (Å²) in [4.78, 5) is 71.2. The fourth-order valence-electron chi connectivity index (χ4n) is 2.59. The summed E-state index contributed by atoms with van der Waals surface area (Å²) in [5.41, 5.74) is 5.80. The highest BCUT2D eigenvalue weighted by Gasteiger charge is 2.33. The maximum Gasteiger partial charge on any atom is 0.326 e. The first kappa shape index (κ1) is 30.1. The molecule has 0 aliphatic heterocycles. The number of carboxylic acids is 3. The lowest BCUT2D eigenvalue weighted by molar-refractivity contribution is -0.145. The van der Waals surface area contributed by atoms with Crippen LogP contribution in [0.4, 0.5) is 0 Å². The first-order valence-corrected chi connectivity index (χ1v) is 11.5. The number of hydrogen-bond acceptors (Lipinski definition) is 8. The molecule has 33 heavy (non-hydrogen) atoms. The highest BCUT2D eigenvalue weighted by Crippen LogP contribution is 2.07. The molecule has 0 fully saturated rings. The average Bonchev–Trinajstić information content (AvgIpc) is 2.73. The van der Waals surface area contributed by atoms with E-state index >= 15 is 0 Å². The van der Waals surface area contributed by atoms with Gasteiger partial charge in [-0.05, 0) is 24.3 Å². The van der Waals surface area contributed by atoms with Crippen LogP contribution in [-0.4, -0.2) is 87.1 Å². The van der Waals surface area contributed by atoms with E-state index in [1.807, 2.05) is 0 Å². The summed E-state index contributed by atoms with van der Waals surface area (Å²) in [6.45, 7) is 3.48. The summed E-state index contributed by atoms with van der Waals surface area (Å²) < 4.78 is 0. The van der Waals surface area contributed by atoms with E-state index in [2.05, 4.69) is 16.0 Å². The van der Waals surface area contributed by atoms with Crippen LogP contribution in [0.15, 0.2) is 0 Å². The van der Waals surface area contributed by atoms with Gasteiger partial charge in [0.15, 0.2) is 0 Å². The summed E-state index contributed by atoms with van der Waals surface area (Å²) in [7, 11) is 0. The molecule has 0 spiro atoms. The number of aliphatic carboxylic acids is 3. The van der Waals surface area contributed by atoms with Crippen molar-refractivity contribution in [3.8, 4) is 0 Å². The van der Waals surface area contributed by atoms with Crippen LogP contribution in [0.5, 0.6) is 0 Å². The molecule has 0 rings (SSSR count). The molecule has 0 aromatic carbocycles. The monoisotopic (exact) mass is 492 g/mol. The van der Waals surface area contributed by atoms with E-state index in [0.29, 0.717) is 12.2 Å². The number of carbonyl (C=O) groups is 6. The van der Waals surface area contributed by atoms with Crippen LogP contribution in [0.2, 0.25) is 0 Å². The molecule has 0 aromatic heterocycles. The van der Waals surface area contributed by atoms with Gasteiger partial charge in [-0.3, -0.25) is 24.0 Å². The second kappa shape index (κ2) is 15.1. The predicted molar refractivity (Wildman–Crippen MR) is 118 cm³/mol. The van der Waals surface area contributed by atoms with Gasteiger partial charge in [0, 0.05) is 0 Å². The molecular weight excluding hydrogens is 460 g/mol. The van der Waals surface area contributed by atoms with Crippen LogP contribution in [0, 0.1) is 5.92 Å². The van der Waals surface area contributed by atoms with Crippen molar-refractivity contribution < 1.29 is 44.1 Å². The molecule has 0 aromatic rings. The zero-order valence-corrected chi connectivity index (χ0v) is 19.5. The van der Waals surface area contributed by atoms with E-state index in [4.69, 9.17) is 15.9 Å². The number of carboxylic acid groups (broad SMARTS) is 3. The van der Waals surface area contributed by atoms with Crippen molar-refractivity contribution in [1.29, 1.82) is 0 Å². The minimum absolute atomic E-state index is 0.0567. The van der Waals surface area contributed by atoms with Crippen LogP contribution in [-0.2, 0) is 28.8 Å². The van der Waals surface area contributed by atoms with Crippen LogP contribution < -0.4 is 21.7 Å². The standard InChI is InChI=1S/C19H32N4O9S/c1-4-9(2)15(20)18(30)23-12(8-14(26)27)17(29)22-11(7-13(24)25)16(28)21-10(19(31)32)5-6-33-3/h9-12,15H,4-8,20H2,1-3H3,(H,21,28)(H,22,29)(H,23,30)(H,24,25)(H,26,27)(H,31,32). The number of nitrogens with two attached hydrogens (primary N) is 1. The van der Waals surface area contributed by atoms with Crippen molar-refractivity contribution in [2.45, 2.75) is 63.7 Å². The number of amides is 3. The minimum Gasteiger partial charge on any atom is -0.481 e. The molecule has 14 heteroatoms. The molecule has 0 saturated carbocycles. The van der Waals surface area contributed by atoms with Crippen molar-refractivity contribution in [1.82, 2.24) is 16.0 Å². The van der Waals surface area contributed by atoms with Gasteiger partial charge in [-0.2, -0.15) is 11.8 Å². The first-order valence-electron chi connectivity index (χ1n) is 10.2. The van der Waals surface area contributed by atoms with Gasteiger partial charge in [-0.25, -0.2) is 4.79 Å². The van der Waals surface area contributed by atoms with Gasteiger partial charge in [0.1, 0.15) is 18.1 Å². The topological polar surface area (TPSA) is 225 Å². The fraction of sp³-hybridized carbons (Fsp3) is 0.684. The second-order valence-corrected chi connectivity index (χ2v) is 8.40. The van der Waals surface area contributed by atoms with E-state index < -0.39 is 72.6 Å². The molecule has 5 atom stereocenters. The van der Waals surface area contributed by atoms with Gasteiger partial charge < -0.3 is 37.0 Å². The third-order valence-corrected chi connectivity index (χ3v) is 5.45. The van der Waals surface area contributed by atoms with Gasteiger partial charge >= 0.3 is 17.9 Å². The Morgan fingerprint density at radius 2 is 1.24 bits per heavy atom. The Labute approximate surface area is 195 Å². The summed E-state index contributed by atoms with van der Waals surface area (Å²) in [5.74, 6) is -7.09. The summed E-state index contributed by atoms with van der Waals surface area (Å²) in [6, 6.07) is -5.69. The van der Waals surface area contributed by atoms with E-state index in [-0.39, 0.29) is 12.3 Å². The Kier molecular flexibility index (Phi) is 13.7. The van der Waals surface area contributed by atoms with Crippen molar-refractivity contribution in [2.75, 3.05) is 12.0 Å². The van der Waals surface area contributed by atoms with Crippen LogP contribution in [0.25, 0.3) is 0 Å². The molecule has 13 nitrogen and oxygen atoms in total. The maximum atomic E-state index is 12.6. The second-order valence-electron chi connectivity index (χ2n) is 7.41. The molecule has 8 N–H and O–H groups in total. The molecule has 5 unspecified atom stereocenters. The molecule has 0 heterocycles. The minimum atomic E-state index is -1.71. The molecule has 0 aliphatic carbocycles. The quantitative estimate of drug-likeness (QED) is 0.133. The Morgan fingerprint density at radius 3 is 1.61 bits per heavy atom. The highest BCUT2D eigenvalue weighted by molar-refractivity contribution is 7.98. The van der Waals surface area contributed by atoms with Crippen molar-refractivity contribution in [3.05, 3.63) is 0 Å². The third kappa shape index (κ3) is 11.5. The molecular formula is C19H32N4O9S. The van der Waals surface area contributed by atoms with E-state index in [9.17, 15) is 33.9 Å². The highest BCUT2D eigenvalue weighted by atomic mass is 32.2. The number of nitrogens with one attached hydrogen (secondary N) is 3. The van der Waals surface area contributed by atoms with Crippen molar-refractivity contribution in [2.24, 2.45) is 11.7 Å². The fourth-order valence-corrected chi connectivity index (χ4v) is 3.06. The molecule has 188 valence electrons. The number of hydrogen-bond donors (Lipinski definition) is 7. The van der Waals surface area contributed by atoms with Gasteiger partial charge in [0.25, 0.3) is 0 Å². The maximum absolute atomic E-state index is 12.6. The summed E-state index contributed by atoms with van der Waals surface area (Å²) in [6.07, 6.45) is 0.593. The number of carbonyl (C=O) groups excluding carboxylic acids is 3. The lowest BCUT2D eigenvalue weighted by Crippen LogP contribution is -2.58. The zero-order valence-electron chi connectivity index (χ0n) is 18.7. The van der Waals surface area contributed by atoms with E-state index in [1.54, 1.807) is 20.1 Å². The van der Waals surface area contributed by atoms with E-state index in [1.165, 1.54) is 11.8 Å². The molecule has 3 amide bonds.